The number of hydrogen-bond donors (Lipinski definition) is 2. The van der Waals surface area contributed by atoms with E-state index in [0.29, 0.717) is 30.4 Å². The summed E-state index contributed by atoms with van der Waals surface area (Å²) in [5, 5.41) is 16.5. The number of amides is 1. The van der Waals surface area contributed by atoms with Gasteiger partial charge in [0.25, 0.3) is 21.6 Å². The first-order valence-electron chi connectivity index (χ1n) is 23.0. The minimum absolute atomic E-state index is 0.0180. The van der Waals surface area contributed by atoms with Gasteiger partial charge in [0.2, 0.25) is 0 Å². The second kappa shape index (κ2) is 22.1. The Hall–Kier alpha value is -4.74. The predicted octanol–water partition coefficient (Wildman–Crippen LogP) is 11.3. The van der Waals surface area contributed by atoms with Crippen LogP contribution in [0.2, 0.25) is 23.2 Å². The van der Waals surface area contributed by atoms with Crippen molar-refractivity contribution in [1.29, 1.82) is 0 Å². The Bertz CT molecular complexity index is 2570. The molecular formula is C51H62ClN5O7S2Si. The number of nitrogens with zero attached hydrogens (tertiary/aromatic N) is 3. The smallest absolute Gasteiger partial charge is 0.293 e. The fraction of sp³-hybridized carbons (Fsp3) is 0.392. The number of carbonyl (C=O) groups is 1. The highest BCUT2D eigenvalue weighted by atomic mass is 35.5. The molecule has 5 aromatic carbocycles. The van der Waals surface area contributed by atoms with Gasteiger partial charge in [0.05, 0.1) is 29.1 Å². The van der Waals surface area contributed by atoms with Crippen LogP contribution in [0.5, 0.6) is 0 Å². The van der Waals surface area contributed by atoms with E-state index in [-0.39, 0.29) is 39.2 Å². The van der Waals surface area contributed by atoms with Gasteiger partial charge < -0.3 is 19.4 Å². The Morgan fingerprint density at radius 3 is 2.22 bits per heavy atom. The fourth-order valence-electron chi connectivity index (χ4n) is 8.31. The maximum atomic E-state index is 13.6. The first-order valence-corrected chi connectivity index (χ1v) is 28.7. The standard InChI is InChI=1S/C51H62ClN5O7S2Si/c1-51(2,3)67(4,5)64-49(46-14-10-9-13-45(46)37-15-19-40(52)20-16-37)38-25-29-56(30-26-38)42-21-17-39(18-22-42)50(58)54-66(61,62)44-23-24-47(48(35-44)57(59)60)53-41(27-28-55-31-33-63-34-32-55)36-65-43-11-7-6-8-12-43/h6-24,35,38,41,49,53H,25-34,36H2,1-5H3,(H,54,58)/t41?,49-/m1/s1. The van der Waals surface area contributed by atoms with Gasteiger partial charge in [0.1, 0.15) is 5.69 Å². The second-order valence-electron chi connectivity index (χ2n) is 18.8. The maximum absolute atomic E-state index is 13.6. The molecule has 7 rings (SSSR count). The molecule has 1 amide bonds. The molecule has 5 aromatic rings. The van der Waals surface area contributed by atoms with E-state index in [1.54, 1.807) is 23.9 Å². The number of halogens is 1. The predicted molar refractivity (Wildman–Crippen MR) is 273 cm³/mol. The summed E-state index contributed by atoms with van der Waals surface area (Å²) in [6.45, 7) is 16.7. The maximum Gasteiger partial charge on any atom is 0.293 e. The number of nitrogens with one attached hydrogen (secondary N) is 2. The van der Waals surface area contributed by atoms with Crippen LogP contribution in [0.4, 0.5) is 17.1 Å². The molecule has 2 aliphatic heterocycles. The summed E-state index contributed by atoms with van der Waals surface area (Å²) < 4.78 is 42.2. The van der Waals surface area contributed by atoms with Crippen molar-refractivity contribution in [2.75, 3.05) is 61.9 Å². The molecule has 0 bridgehead atoms. The van der Waals surface area contributed by atoms with Gasteiger partial charge in [-0.15, -0.1) is 11.8 Å². The lowest BCUT2D eigenvalue weighted by Gasteiger charge is -2.44. The zero-order valence-corrected chi connectivity index (χ0v) is 42.3. The third kappa shape index (κ3) is 13.1. The number of nitro benzene ring substituents is 1. The molecule has 67 heavy (non-hydrogen) atoms. The molecule has 2 heterocycles. The Morgan fingerprint density at radius 1 is 0.910 bits per heavy atom. The van der Waals surface area contributed by atoms with Crippen LogP contribution in [-0.4, -0.2) is 90.2 Å². The molecule has 0 aromatic heterocycles. The van der Waals surface area contributed by atoms with Gasteiger partial charge in [-0.2, -0.15) is 0 Å². The molecule has 2 aliphatic rings. The highest BCUT2D eigenvalue weighted by Crippen LogP contribution is 2.46. The molecule has 0 aliphatic carbocycles. The third-order valence-electron chi connectivity index (χ3n) is 13.3. The Balaban J connectivity index is 1.01. The van der Waals surface area contributed by atoms with Crippen molar-refractivity contribution >= 4 is 64.7 Å². The second-order valence-corrected chi connectivity index (χ2v) is 26.8. The van der Waals surface area contributed by atoms with E-state index in [1.807, 2.05) is 54.6 Å². The molecule has 0 spiro atoms. The van der Waals surface area contributed by atoms with E-state index in [0.717, 1.165) is 73.3 Å². The lowest BCUT2D eigenvalue weighted by molar-refractivity contribution is -0.384. The van der Waals surface area contributed by atoms with Crippen LogP contribution >= 0.6 is 23.4 Å². The third-order valence-corrected chi connectivity index (χ3v) is 20.5. The van der Waals surface area contributed by atoms with Crippen LogP contribution < -0.4 is 14.9 Å². The average molecular weight is 985 g/mol. The molecular weight excluding hydrogens is 922 g/mol. The minimum atomic E-state index is -4.47. The summed E-state index contributed by atoms with van der Waals surface area (Å²) in [5.41, 5.74) is 4.30. The molecule has 0 radical (unpaired) electrons. The number of carbonyl (C=O) groups excluding carboxylic acids is 1. The monoisotopic (exact) mass is 983 g/mol. The molecule has 356 valence electrons. The normalized spacial score (nSPS) is 16.3. The SMILES string of the molecule is CC(C)(C)[Si](C)(C)O[C@@H](c1ccccc1-c1ccc(Cl)cc1)C1CCN(c2ccc(C(=O)NS(=O)(=O)c3ccc(NC(CCN4CCOCC4)CSc4ccccc4)c([N+](=O)[O-])c3)cc2)CC1. The van der Waals surface area contributed by atoms with E-state index in [4.69, 9.17) is 20.8 Å². The lowest BCUT2D eigenvalue weighted by atomic mass is 9.84. The van der Waals surface area contributed by atoms with Gasteiger partial charge in [0, 0.05) is 71.8 Å². The van der Waals surface area contributed by atoms with Crippen molar-refractivity contribution < 1.29 is 27.3 Å². The first kappa shape index (κ1) is 50.1. The quantitative estimate of drug-likeness (QED) is 0.0375. The molecule has 12 nitrogen and oxygen atoms in total. The van der Waals surface area contributed by atoms with Crippen LogP contribution in [0, 0.1) is 16.0 Å². The van der Waals surface area contributed by atoms with E-state index >= 15 is 0 Å². The van der Waals surface area contributed by atoms with E-state index < -0.39 is 34.9 Å². The summed E-state index contributed by atoms with van der Waals surface area (Å²) >= 11 is 7.92. The minimum Gasteiger partial charge on any atom is -0.410 e. The fourth-order valence-corrected chi connectivity index (χ4v) is 11.7. The van der Waals surface area contributed by atoms with E-state index in [9.17, 15) is 23.3 Å². The van der Waals surface area contributed by atoms with Crippen molar-refractivity contribution in [2.45, 2.75) is 80.1 Å². The summed E-state index contributed by atoms with van der Waals surface area (Å²) in [6, 6.07) is 36.8. The molecule has 16 heteroatoms. The number of nitro groups is 1. The first-order chi connectivity index (χ1) is 32.0. The molecule has 1 unspecified atom stereocenters. The summed E-state index contributed by atoms with van der Waals surface area (Å²) in [4.78, 5) is 30.5. The molecule has 2 fully saturated rings. The summed E-state index contributed by atoms with van der Waals surface area (Å²) in [7, 11) is -6.67. The van der Waals surface area contributed by atoms with Crippen LogP contribution in [0.1, 0.15) is 62.1 Å². The van der Waals surface area contributed by atoms with Crippen molar-refractivity contribution in [3.63, 3.8) is 0 Å². The highest BCUT2D eigenvalue weighted by molar-refractivity contribution is 7.99. The van der Waals surface area contributed by atoms with Gasteiger partial charge in [-0.3, -0.25) is 19.8 Å². The number of ether oxygens (including phenoxy) is 1. The van der Waals surface area contributed by atoms with Crippen LogP contribution in [0.15, 0.2) is 131 Å². The number of thioether (sulfide) groups is 1. The van der Waals surface area contributed by atoms with Crippen LogP contribution in [-0.2, 0) is 19.2 Å². The molecule has 0 saturated carbocycles. The summed E-state index contributed by atoms with van der Waals surface area (Å²) in [6.07, 6.45) is 2.37. The van der Waals surface area contributed by atoms with Gasteiger partial charge in [-0.25, -0.2) is 13.1 Å². The topological polar surface area (TPSA) is 143 Å². The molecule has 2 atom stereocenters. The van der Waals surface area contributed by atoms with Gasteiger partial charge in [-0.05, 0) is 121 Å². The van der Waals surface area contributed by atoms with E-state index in [1.165, 1.54) is 17.7 Å². The Morgan fingerprint density at radius 2 is 1.57 bits per heavy atom. The van der Waals surface area contributed by atoms with Gasteiger partial charge in [-0.1, -0.05) is 87.0 Å². The van der Waals surface area contributed by atoms with Crippen LogP contribution in [0.25, 0.3) is 11.1 Å². The number of benzene rings is 5. The van der Waals surface area contributed by atoms with Crippen LogP contribution in [0.3, 0.4) is 0 Å². The lowest BCUT2D eigenvalue weighted by Crippen LogP contribution is -2.45. The zero-order valence-electron chi connectivity index (χ0n) is 39.0. The number of rotatable bonds is 18. The summed E-state index contributed by atoms with van der Waals surface area (Å²) in [5.74, 6) is 0.0585. The van der Waals surface area contributed by atoms with Crippen molar-refractivity contribution in [3.05, 3.63) is 148 Å². The van der Waals surface area contributed by atoms with E-state index in [2.05, 4.69) is 90.1 Å². The number of sulfonamides is 1. The number of morpholine rings is 1. The average Bonchev–Trinajstić information content (AvgIpc) is 3.32. The number of hydrogen-bond acceptors (Lipinski definition) is 11. The zero-order chi connectivity index (χ0) is 47.8. The number of piperidine rings is 1. The largest absolute Gasteiger partial charge is 0.410 e. The van der Waals surface area contributed by atoms with Crippen molar-refractivity contribution in [2.24, 2.45) is 5.92 Å². The van der Waals surface area contributed by atoms with Gasteiger partial charge in [0.15, 0.2) is 8.32 Å². The Labute approximate surface area is 406 Å². The number of anilines is 2. The highest BCUT2D eigenvalue weighted by Gasteiger charge is 2.42. The van der Waals surface area contributed by atoms with Crippen molar-refractivity contribution in [1.82, 2.24) is 9.62 Å². The molecule has 2 saturated heterocycles. The Kier molecular flexibility index (Phi) is 16.6. The van der Waals surface area contributed by atoms with Crippen molar-refractivity contribution in [3.8, 4) is 11.1 Å². The molecule has 2 N–H and O–H groups in total. The van der Waals surface area contributed by atoms with Gasteiger partial charge >= 0.3 is 0 Å².